The maximum Gasteiger partial charge on any atom is 0.405 e. The molecule has 0 radical (unpaired) electrons. The number of anilines is 1. The zero-order valence-corrected chi connectivity index (χ0v) is 17.8. The van der Waals surface area contributed by atoms with Gasteiger partial charge in [0.15, 0.2) is 5.82 Å². The number of hydrogen-bond acceptors (Lipinski definition) is 6. The Morgan fingerprint density at radius 2 is 2.19 bits per heavy atom. The van der Waals surface area contributed by atoms with Crippen molar-refractivity contribution in [2.45, 2.75) is 37.9 Å². The molecule has 5 rings (SSSR count). The number of fused-ring (bicyclic) bond motifs is 2. The van der Waals surface area contributed by atoms with Crippen molar-refractivity contribution in [1.29, 1.82) is 0 Å². The second-order valence-corrected chi connectivity index (χ2v) is 9.10. The molecule has 2 fully saturated rings. The van der Waals surface area contributed by atoms with Gasteiger partial charge in [-0.25, -0.2) is 15.0 Å². The molecule has 170 valence electrons. The summed E-state index contributed by atoms with van der Waals surface area (Å²) in [4.78, 5) is 28.1. The minimum Gasteiger partial charge on any atom is -0.349 e. The van der Waals surface area contributed by atoms with Crippen LogP contribution in [0.1, 0.15) is 31.5 Å². The number of allylic oxidation sites excluding steroid dienone is 1. The number of carbonyl (C=O) groups excluding carboxylic acids is 1. The summed E-state index contributed by atoms with van der Waals surface area (Å²) in [6.07, 6.45) is 3.94. The van der Waals surface area contributed by atoms with Gasteiger partial charge in [-0.3, -0.25) is 4.79 Å². The normalized spacial score (nSPS) is 29.0. The lowest BCUT2D eigenvalue weighted by molar-refractivity contribution is -0.139. The number of aliphatic imine (C=N–C) groups is 1. The predicted octanol–water partition coefficient (Wildman–Crippen LogP) is 3.20. The standard InChI is InChI=1S/C21H22ClF3N6O/c22-12-6-14-15(8-28-18(14)27-7-12)19-26-5-4-16(30-19)31-9-11-2-1-3-13(11)17(31)20(32)29-10-21(23,24)25/h4-5,7-8,11,13-14,17H,1-3,6,9-10H2,(H,27,28)(H,29,32)/t11-,13-,14?,17-/m1/s1. The van der Waals surface area contributed by atoms with Crippen molar-refractivity contribution >= 4 is 34.7 Å². The van der Waals surface area contributed by atoms with E-state index < -0.39 is 24.7 Å². The maximum atomic E-state index is 12.8. The number of aromatic nitrogens is 2. The van der Waals surface area contributed by atoms with Gasteiger partial charge in [0.05, 0.1) is 5.92 Å². The van der Waals surface area contributed by atoms with E-state index in [9.17, 15) is 18.0 Å². The number of amides is 1. The van der Waals surface area contributed by atoms with Gasteiger partial charge >= 0.3 is 6.18 Å². The highest BCUT2D eigenvalue weighted by atomic mass is 35.5. The molecular formula is C21H22ClF3N6O. The molecule has 11 heteroatoms. The number of rotatable bonds is 4. The quantitative estimate of drug-likeness (QED) is 0.712. The van der Waals surface area contributed by atoms with Crippen molar-refractivity contribution in [2.24, 2.45) is 22.7 Å². The minimum atomic E-state index is -4.45. The molecule has 1 saturated heterocycles. The molecule has 1 aliphatic carbocycles. The minimum absolute atomic E-state index is 0.0232. The third-order valence-corrected chi connectivity index (χ3v) is 6.89. The van der Waals surface area contributed by atoms with Crippen LogP contribution >= 0.6 is 11.6 Å². The Bertz CT molecular complexity index is 1020. The number of alkyl halides is 3. The topological polar surface area (TPSA) is 82.5 Å². The van der Waals surface area contributed by atoms with Crippen LogP contribution in [-0.2, 0) is 4.79 Å². The van der Waals surface area contributed by atoms with Crippen LogP contribution in [0.3, 0.4) is 0 Å². The van der Waals surface area contributed by atoms with Crippen LogP contribution in [0.4, 0.5) is 19.0 Å². The predicted molar refractivity (Wildman–Crippen MR) is 114 cm³/mol. The number of nitrogens with one attached hydrogen (secondary N) is 2. The molecule has 1 saturated carbocycles. The van der Waals surface area contributed by atoms with E-state index in [0.29, 0.717) is 29.6 Å². The Labute approximate surface area is 187 Å². The summed E-state index contributed by atoms with van der Waals surface area (Å²) >= 11 is 6.17. The maximum absolute atomic E-state index is 12.8. The summed E-state index contributed by atoms with van der Waals surface area (Å²) in [6.45, 7) is -0.744. The highest BCUT2D eigenvalue weighted by Gasteiger charge is 2.48. The molecule has 32 heavy (non-hydrogen) atoms. The summed E-state index contributed by atoms with van der Waals surface area (Å²) < 4.78 is 38.1. The highest BCUT2D eigenvalue weighted by Crippen LogP contribution is 2.44. The van der Waals surface area contributed by atoms with Crippen molar-refractivity contribution in [2.75, 3.05) is 18.0 Å². The van der Waals surface area contributed by atoms with Gasteiger partial charge in [-0.2, -0.15) is 13.2 Å². The zero-order chi connectivity index (χ0) is 22.5. The molecule has 2 N–H and O–H groups in total. The van der Waals surface area contributed by atoms with Gasteiger partial charge in [-0.05, 0) is 37.2 Å². The Morgan fingerprint density at radius 3 is 3.00 bits per heavy atom. The second kappa shape index (κ2) is 8.06. The Morgan fingerprint density at radius 1 is 1.34 bits per heavy atom. The molecule has 0 spiro atoms. The molecule has 1 aromatic heterocycles. The SMILES string of the molecule is O=C(NCC(F)(F)F)[C@H]1[C@@H]2CCC[C@@H]2CN1c1ccnc(C2=CNC3=NC=C(Cl)CC23)n1. The van der Waals surface area contributed by atoms with Gasteiger partial charge in [0.25, 0.3) is 0 Å². The van der Waals surface area contributed by atoms with Crippen LogP contribution < -0.4 is 15.5 Å². The molecule has 4 heterocycles. The summed E-state index contributed by atoms with van der Waals surface area (Å²) in [6, 6.07) is 1.03. The first-order valence-corrected chi connectivity index (χ1v) is 11.0. The Balaban J connectivity index is 1.41. The fourth-order valence-corrected chi connectivity index (χ4v) is 5.46. The molecule has 1 unspecified atom stereocenters. The first-order valence-electron chi connectivity index (χ1n) is 10.6. The van der Waals surface area contributed by atoms with Gasteiger partial charge < -0.3 is 15.5 Å². The van der Waals surface area contributed by atoms with E-state index in [0.717, 1.165) is 30.7 Å². The smallest absolute Gasteiger partial charge is 0.349 e. The van der Waals surface area contributed by atoms with Gasteiger partial charge in [-0.15, -0.1) is 0 Å². The van der Waals surface area contributed by atoms with Crippen molar-refractivity contribution < 1.29 is 18.0 Å². The van der Waals surface area contributed by atoms with E-state index >= 15 is 0 Å². The number of halogens is 4. The van der Waals surface area contributed by atoms with E-state index in [2.05, 4.69) is 20.6 Å². The van der Waals surface area contributed by atoms with E-state index in [1.54, 1.807) is 24.7 Å². The van der Waals surface area contributed by atoms with Gasteiger partial charge in [-0.1, -0.05) is 18.0 Å². The summed E-state index contributed by atoms with van der Waals surface area (Å²) in [7, 11) is 0. The van der Waals surface area contributed by atoms with Crippen LogP contribution in [0.25, 0.3) is 5.57 Å². The molecule has 0 bridgehead atoms. The lowest BCUT2D eigenvalue weighted by atomic mass is 9.93. The highest BCUT2D eigenvalue weighted by molar-refractivity contribution is 6.30. The molecule has 4 aliphatic rings. The van der Waals surface area contributed by atoms with Crippen molar-refractivity contribution in [1.82, 2.24) is 20.6 Å². The van der Waals surface area contributed by atoms with Crippen LogP contribution in [0.15, 0.2) is 34.7 Å². The summed E-state index contributed by atoms with van der Waals surface area (Å²) in [5.41, 5.74) is 0.842. The third kappa shape index (κ3) is 3.96. The largest absolute Gasteiger partial charge is 0.405 e. The lowest BCUT2D eigenvalue weighted by Gasteiger charge is -2.28. The average molecular weight is 467 g/mol. The van der Waals surface area contributed by atoms with E-state index in [1.807, 2.05) is 4.90 Å². The number of amidine groups is 1. The van der Waals surface area contributed by atoms with E-state index in [-0.39, 0.29) is 17.8 Å². The molecule has 3 aliphatic heterocycles. The number of carbonyl (C=O) groups is 1. The van der Waals surface area contributed by atoms with Gasteiger partial charge in [0.2, 0.25) is 5.91 Å². The fraction of sp³-hybridized carbons (Fsp3) is 0.524. The van der Waals surface area contributed by atoms with Gasteiger partial charge in [0, 0.05) is 35.7 Å². The van der Waals surface area contributed by atoms with Crippen LogP contribution in [-0.4, -0.2) is 47.0 Å². The molecule has 0 aromatic carbocycles. The third-order valence-electron chi connectivity index (χ3n) is 6.64. The van der Waals surface area contributed by atoms with Crippen molar-refractivity contribution in [3.63, 3.8) is 0 Å². The zero-order valence-electron chi connectivity index (χ0n) is 17.1. The van der Waals surface area contributed by atoms with Crippen LogP contribution in [0.2, 0.25) is 0 Å². The van der Waals surface area contributed by atoms with E-state index in [1.165, 1.54) is 0 Å². The number of hydrogen-bond donors (Lipinski definition) is 2. The first-order chi connectivity index (χ1) is 15.3. The Hall–Kier alpha value is -2.62. The molecule has 7 nitrogen and oxygen atoms in total. The summed E-state index contributed by atoms with van der Waals surface area (Å²) in [5.74, 6) is 1.42. The molecule has 4 atom stereocenters. The monoisotopic (exact) mass is 466 g/mol. The Kier molecular flexibility index (Phi) is 5.35. The average Bonchev–Trinajstić information content (AvgIpc) is 3.45. The van der Waals surface area contributed by atoms with Crippen LogP contribution in [0, 0.1) is 17.8 Å². The molecule has 1 amide bonds. The molecular weight excluding hydrogens is 445 g/mol. The van der Waals surface area contributed by atoms with E-state index in [4.69, 9.17) is 16.6 Å². The fourth-order valence-electron chi connectivity index (χ4n) is 5.26. The van der Waals surface area contributed by atoms with Crippen molar-refractivity contribution in [3.05, 3.63) is 35.5 Å². The second-order valence-electron chi connectivity index (χ2n) is 8.61. The van der Waals surface area contributed by atoms with Crippen molar-refractivity contribution in [3.8, 4) is 0 Å². The van der Waals surface area contributed by atoms with Gasteiger partial charge in [0.1, 0.15) is 24.2 Å². The first kappa shape index (κ1) is 21.2. The lowest BCUT2D eigenvalue weighted by Crippen LogP contribution is -2.48. The number of nitrogens with zero attached hydrogens (tertiary/aromatic N) is 4. The molecule has 1 aromatic rings. The van der Waals surface area contributed by atoms with Crippen LogP contribution in [0.5, 0.6) is 0 Å². The summed E-state index contributed by atoms with van der Waals surface area (Å²) in [5, 5.41) is 5.85.